The molecule has 1 fully saturated rings. The molecule has 28 heavy (non-hydrogen) atoms. The van der Waals surface area contributed by atoms with E-state index in [-0.39, 0.29) is 16.4 Å². The number of halogens is 1. The minimum atomic E-state index is -1.02. The molecule has 1 aromatic carbocycles. The van der Waals surface area contributed by atoms with Crippen molar-refractivity contribution in [1.29, 1.82) is 0 Å². The average molecular weight is 411 g/mol. The Morgan fingerprint density at radius 1 is 1.32 bits per heavy atom. The summed E-state index contributed by atoms with van der Waals surface area (Å²) >= 11 is 5.74. The van der Waals surface area contributed by atoms with Crippen LogP contribution in [0.2, 0.25) is 5.02 Å². The lowest BCUT2D eigenvalue weighted by atomic mass is 9.94. The topological polar surface area (TPSA) is 122 Å². The lowest BCUT2D eigenvalue weighted by molar-refractivity contribution is -0.384. The van der Waals surface area contributed by atoms with E-state index in [1.807, 2.05) is 0 Å². The van der Waals surface area contributed by atoms with Gasteiger partial charge < -0.3 is 10.6 Å². The van der Waals surface area contributed by atoms with Crippen molar-refractivity contribution in [2.45, 2.75) is 51.5 Å². The number of hydrogen-bond donors (Lipinski definition) is 2. The van der Waals surface area contributed by atoms with E-state index in [1.54, 1.807) is 6.92 Å². The van der Waals surface area contributed by atoms with Crippen LogP contribution in [0.15, 0.2) is 18.2 Å². The SMILES string of the molecule is CCCCCC[C@@]1(C)NC(=O)N(CC(=O)Nc2ccc(Cl)c([N+](=O)[O-])c2)C1=O. The number of nitrogens with one attached hydrogen (secondary N) is 2. The predicted molar refractivity (Wildman–Crippen MR) is 104 cm³/mol. The number of amides is 4. The third kappa shape index (κ3) is 4.98. The molecule has 4 amide bonds. The smallest absolute Gasteiger partial charge is 0.324 e. The molecule has 1 aromatic rings. The molecule has 1 aliphatic rings. The molecule has 1 heterocycles. The molecule has 2 N–H and O–H groups in total. The predicted octanol–water partition coefficient (Wildman–Crippen LogP) is 3.47. The number of unbranched alkanes of at least 4 members (excludes halogenated alkanes) is 3. The number of rotatable bonds is 9. The number of anilines is 1. The van der Waals surface area contributed by atoms with Crippen molar-refractivity contribution in [1.82, 2.24) is 10.2 Å². The summed E-state index contributed by atoms with van der Waals surface area (Å²) in [4.78, 5) is 48.2. The van der Waals surface area contributed by atoms with Gasteiger partial charge in [-0.1, -0.05) is 44.2 Å². The molecular weight excluding hydrogens is 388 g/mol. The maximum Gasteiger partial charge on any atom is 0.325 e. The number of nitrogens with zero attached hydrogens (tertiary/aromatic N) is 2. The Balaban J connectivity index is 2.00. The van der Waals surface area contributed by atoms with Crippen molar-refractivity contribution < 1.29 is 19.3 Å². The van der Waals surface area contributed by atoms with Gasteiger partial charge in [0.25, 0.3) is 11.6 Å². The van der Waals surface area contributed by atoms with Crippen LogP contribution in [0.25, 0.3) is 0 Å². The number of hydrogen-bond acceptors (Lipinski definition) is 5. The Morgan fingerprint density at radius 2 is 2.04 bits per heavy atom. The largest absolute Gasteiger partial charge is 0.325 e. The van der Waals surface area contributed by atoms with Crippen LogP contribution in [0, 0.1) is 10.1 Å². The third-order valence-corrected chi connectivity index (χ3v) is 4.92. The molecule has 2 rings (SSSR count). The summed E-state index contributed by atoms with van der Waals surface area (Å²) in [5.41, 5.74) is -1.23. The van der Waals surface area contributed by atoms with Gasteiger partial charge in [-0.25, -0.2) is 4.79 Å². The summed E-state index contributed by atoms with van der Waals surface area (Å²) in [6.45, 7) is 3.26. The second kappa shape index (κ2) is 9.01. The monoisotopic (exact) mass is 410 g/mol. The standard InChI is InChI=1S/C18H23ClN4O5/c1-3-4-5-6-9-18(2)16(25)22(17(26)21-18)11-15(24)20-12-7-8-13(19)14(10-12)23(27)28/h7-8,10H,3-6,9,11H2,1-2H3,(H,20,24)(H,21,26)/t18-/m1/s1. The Hall–Kier alpha value is -2.68. The van der Waals surface area contributed by atoms with Crippen LogP contribution >= 0.6 is 11.6 Å². The number of nitro benzene ring substituents is 1. The average Bonchev–Trinajstić information content (AvgIpc) is 2.83. The summed E-state index contributed by atoms with van der Waals surface area (Å²) in [7, 11) is 0. The van der Waals surface area contributed by atoms with E-state index in [4.69, 9.17) is 11.6 Å². The first-order chi connectivity index (χ1) is 13.2. The van der Waals surface area contributed by atoms with Crippen molar-refractivity contribution in [2.24, 2.45) is 0 Å². The van der Waals surface area contributed by atoms with Gasteiger partial charge in [-0.15, -0.1) is 0 Å². The van der Waals surface area contributed by atoms with Crippen molar-refractivity contribution in [3.05, 3.63) is 33.3 Å². The summed E-state index contributed by atoms with van der Waals surface area (Å²) in [6, 6.07) is 3.18. The van der Waals surface area contributed by atoms with E-state index in [0.29, 0.717) is 6.42 Å². The normalized spacial score (nSPS) is 18.9. The fourth-order valence-corrected chi connectivity index (χ4v) is 3.23. The second-order valence-electron chi connectivity index (χ2n) is 6.94. The van der Waals surface area contributed by atoms with Gasteiger partial charge in [0.2, 0.25) is 5.91 Å². The zero-order valence-electron chi connectivity index (χ0n) is 15.8. The summed E-state index contributed by atoms with van der Waals surface area (Å²) in [5, 5.41) is 16.0. The lowest BCUT2D eigenvalue weighted by Gasteiger charge is -2.21. The van der Waals surface area contributed by atoms with Crippen molar-refractivity contribution >= 4 is 40.8 Å². The van der Waals surface area contributed by atoms with E-state index in [2.05, 4.69) is 17.6 Å². The Kier molecular flexibility index (Phi) is 6.95. The van der Waals surface area contributed by atoms with E-state index in [9.17, 15) is 24.5 Å². The highest BCUT2D eigenvalue weighted by Gasteiger charge is 2.47. The fraction of sp³-hybridized carbons (Fsp3) is 0.500. The molecule has 1 atom stereocenters. The molecular formula is C18H23ClN4O5. The van der Waals surface area contributed by atoms with E-state index < -0.39 is 34.9 Å². The van der Waals surface area contributed by atoms with Crippen LogP contribution in [0.5, 0.6) is 0 Å². The first-order valence-corrected chi connectivity index (χ1v) is 9.43. The van der Waals surface area contributed by atoms with Crippen LogP contribution in [0.3, 0.4) is 0 Å². The first kappa shape index (κ1) is 21.6. The molecule has 10 heteroatoms. The van der Waals surface area contributed by atoms with Crippen LogP contribution in [0.1, 0.15) is 46.0 Å². The molecule has 0 bridgehead atoms. The zero-order chi connectivity index (χ0) is 20.9. The van der Waals surface area contributed by atoms with Gasteiger partial charge in [-0.2, -0.15) is 0 Å². The number of carbonyl (C=O) groups is 3. The van der Waals surface area contributed by atoms with Gasteiger partial charge in [-0.05, 0) is 25.5 Å². The summed E-state index contributed by atoms with van der Waals surface area (Å²) in [6.07, 6.45) is 4.37. The fourth-order valence-electron chi connectivity index (χ4n) is 3.04. The summed E-state index contributed by atoms with van der Waals surface area (Å²) in [5.74, 6) is -1.10. The van der Waals surface area contributed by atoms with Gasteiger partial charge in [0.1, 0.15) is 17.1 Å². The minimum absolute atomic E-state index is 0.0593. The van der Waals surface area contributed by atoms with Crippen molar-refractivity contribution in [3.8, 4) is 0 Å². The number of imide groups is 1. The number of carbonyl (C=O) groups excluding carboxylic acids is 3. The van der Waals surface area contributed by atoms with E-state index in [1.165, 1.54) is 12.1 Å². The molecule has 0 spiro atoms. The Morgan fingerprint density at radius 3 is 2.68 bits per heavy atom. The number of urea groups is 1. The van der Waals surface area contributed by atoms with Gasteiger partial charge in [-0.3, -0.25) is 24.6 Å². The molecule has 152 valence electrons. The molecule has 1 aliphatic heterocycles. The highest BCUT2D eigenvalue weighted by atomic mass is 35.5. The summed E-state index contributed by atoms with van der Waals surface area (Å²) < 4.78 is 0. The Labute approximate surface area is 167 Å². The highest BCUT2D eigenvalue weighted by Crippen LogP contribution is 2.28. The molecule has 0 aliphatic carbocycles. The molecule has 0 aromatic heterocycles. The van der Waals surface area contributed by atoms with Crippen LogP contribution < -0.4 is 10.6 Å². The maximum atomic E-state index is 12.6. The second-order valence-corrected chi connectivity index (χ2v) is 7.34. The van der Waals surface area contributed by atoms with Gasteiger partial charge >= 0.3 is 6.03 Å². The Bertz CT molecular complexity index is 800. The number of benzene rings is 1. The third-order valence-electron chi connectivity index (χ3n) is 4.60. The van der Waals surface area contributed by atoms with Gasteiger partial charge in [0.05, 0.1) is 4.92 Å². The quantitative estimate of drug-likeness (QED) is 0.279. The zero-order valence-corrected chi connectivity index (χ0v) is 16.5. The van der Waals surface area contributed by atoms with E-state index >= 15 is 0 Å². The molecule has 1 saturated heterocycles. The van der Waals surface area contributed by atoms with Gasteiger partial charge in [0, 0.05) is 11.8 Å². The highest BCUT2D eigenvalue weighted by molar-refractivity contribution is 6.32. The molecule has 0 unspecified atom stereocenters. The van der Waals surface area contributed by atoms with Crippen LogP contribution in [-0.4, -0.2) is 39.8 Å². The van der Waals surface area contributed by atoms with Crippen molar-refractivity contribution in [3.63, 3.8) is 0 Å². The van der Waals surface area contributed by atoms with Crippen LogP contribution in [0.4, 0.5) is 16.2 Å². The minimum Gasteiger partial charge on any atom is -0.324 e. The maximum absolute atomic E-state index is 12.6. The molecule has 9 nitrogen and oxygen atoms in total. The number of nitro groups is 1. The van der Waals surface area contributed by atoms with Gasteiger partial charge in [0.15, 0.2) is 0 Å². The van der Waals surface area contributed by atoms with Crippen molar-refractivity contribution in [2.75, 3.05) is 11.9 Å². The van der Waals surface area contributed by atoms with Crippen LogP contribution in [-0.2, 0) is 9.59 Å². The van der Waals surface area contributed by atoms with E-state index in [0.717, 1.165) is 36.6 Å². The molecule has 0 radical (unpaired) electrons. The lowest BCUT2D eigenvalue weighted by Crippen LogP contribution is -2.44. The first-order valence-electron chi connectivity index (χ1n) is 9.06. The molecule has 0 saturated carbocycles.